The average Bonchev–Trinajstić information content (AvgIpc) is 3.35. The Hall–Kier alpha value is -3.36. The Balaban J connectivity index is 1.63. The van der Waals surface area contributed by atoms with Crippen LogP contribution >= 0.6 is 34.7 Å². The van der Waals surface area contributed by atoms with Gasteiger partial charge >= 0.3 is 17.8 Å². The van der Waals surface area contributed by atoms with Crippen LogP contribution in [0.3, 0.4) is 0 Å². The van der Waals surface area contributed by atoms with Gasteiger partial charge in [-0.25, -0.2) is 9.78 Å². The molecule has 1 saturated heterocycles. The van der Waals surface area contributed by atoms with Gasteiger partial charge in [0.05, 0.1) is 18.1 Å². The summed E-state index contributed by atoms with van der Waals surface area (Å²) >= 11 is 8.69. The molecular weight excluding hydrogens is 549 g/mol. The van der Waals surface area contributed by atoms with Crippen molar-refractivity contribution in [3.8, 4) is 5.75 Å². The molecule has 37 heavy (non-hydrogen) atoms. The maximum atomic E-state index is 13.8. The lowest BCUT2D eigenvalue weighted by molar-refractivity contribution is -0.153. The third-order valence-electron chi connectivity index (χ3n) is 5.50. The van der Waals surface area contributed by atoms with Gasteiger partial charge in [0.2, 0.25) is 0 Å². The summed E-state index contributed by atoms with van der Waals surface area (Å²) in [4.78, 5) is 48.2. The first-order valence-corrected chi connectivity index (χ1v) is 13.0. The molecular formula is C22H21ClFN5O6S2. The number of nitrogens with two attached hydrogens (primary N) is 1. The lowest BCUT2D eigenvalue weighted by atomic mass is 10.00. The Morgan fingerprint density at radius 1 is 1.30 bits per heavy atom. The van der Waals surface area contributed by atoms with E-state index in [1.807, 2.05) is 0 Å². The van der Waals surface area contributed by atoms with Crippen LogP contribution in [0.15, 0.2) is 46.1 Å². The smallest absolute Gasteiger partial charge is 0.355 e. The van der Waals surface area contributed by atoms with Crippen molar-refractivity contribution in [1.82, 2.24) is 15.2 Å². The molecule has 1 unspecified atom stereocenters. The highest BCUT2D eigenvalue weighted by Gasteiger charge is 2.57. The number of benzene rings is 1. The Labute approximate surface area is 223 Å². The highest BCUT2D eigenvalue weighted by atomic mass is 35.5. The molecule has 15 heteroatoms. The van der Waals surface area contributed by atoms with Crippen molar-refractivity contribution in [3.63, 3.8) is 0 Å². The van der Waals surface area contributed by atoms with Gasteiger partial charge in [-0.3, -0.25) is 14.5 Å². The first-order chi connectivity index (χ1) is 17.8. The largest absolute Gasteiger partial charge is 0.497 e. The topological polar surface area (TPSA) is 145 Å². The van der Waals surface area contributed by atoms with Crippen molar-refractivity contribution in [3.05, 3.63) is 52.2 Å². The van der Waals surface area contributed by atoms with Crippen molar-refractivity contribution in [2.45, 2.75) is 23.3 Å². The van der Waals surface area contributed by atoms with Crippen molar-refractivity contribution >= 4 is 63.6 Å². The number of nitrogens with zero attached hydrogens (tertiary/aromatic N) is 3. The Bertz CT molecular complexity index is 1270. The lowest BCUT2D eigenvalue weighted by Crippen LogP contribution is -2.71. The molecule has 11 nitrogen and oxygen atoms in total. The summed E-state index contributed by atoms with van der Waals surface area (Å²) in [7, 11) is 2.62. The van der Waals surface area contributed by atoms with E-state index in [-0.39, 0.29) is 18.2 Å². The molecule has 2 amide bonds. The molecule has 2 aliphatic rings. The fourth-order valence-electron chi connectivity index (χ4n) is 3.77. The van der Waals surface area contributed by atoms with E-state index in [9.17, 15) is 18.8 Å². The summed E-state index contributed by atoms with van der Waals surface area (Å²) in [6.45, 7) is -0.0745. The minimum absolute atomic E-state index is 0.0506. The van der Waals surface area contributed by atoms with Crippen molar-refractivity contribution in [2.24, 2.45) is 5.16 Å². The second kappa shape index (κ2) is 11.4. The van der Waals surface area contributed by atoms with E-state index in [1.54, 1.807) is 29.6 Å². The number of esters is 1. The van der Waals surface area contributed by atoms with Gasteiger partial charge in [0.1, 0.15) is 36.6 Å². The quantitative estimate of drug-likeness (QED) is 0.153. The van der Waals surface area contributed by atoms with E-state index in [1.165, 1.54) is 35.1 Å². The van der Waals surface area contributed by atoms with Crippen molar-refractivity contribution in [1.29, 1.82) is 0 Å². The number of methoxy groups -OCH3 is 1. The Morgan fingerprint density at radius 3 is 2.62 bits per heavy atom. The van der Waals surface area contributed by atoms with Crippen LogP contribution in [0.4, 0.5) is 9.52 Å². The van der Waals surface area contributed by atoms with Gasteiger partial charge in [0.15, 0.2) is 5.13 Å². The molecule has 0 bridgehead atoms. The third-order valence-corrected chi connectivity index (χ3v) is 8.04. The number of carbonyl (C=O) groups is 3. The summed E-state index contributed by atoms with van der Waals surface area (Å²) < 4.78 is 24.4. The van der Waals surface area contributed by atoms with E-state index >= 15 is 0 Å². The van der Waals surface area contributed by atoms with Crippen LogP contribution in [0, 0.1) is 0 Å². The number of carbonyl (C=O) groups excluding carboxylic acids is 3. The van der Waals surface area contributed by atoms with Crippen LogP contribution in [0.1, 0.15) is 16.5 Å². The van der Waals surface area contributed by atoms with E-state index in [2.05, 4.69) is 20.3 Å². The highest BCUT2D eigenvalue weighted by molar-refractivity contribution is 8.00. The predicted octanol–water partition coefficient (Wildman–Crippen LogP) is 2.34. The molecule has 0 aliphatic carbocycles. The van der Waals surface area contributed by atoms with Gasteiger partial charge in [-0.15, -0.1) is 34.7 Å². The molecule has 2 aromatic rings. The standard InChI is InChI=1S/C22H21ClFN5O6S2/c1-33-11-5-3-10(4-6-11)8-35-21(32)15-12(7-23)16(13-9-36-22(25)26-13)37-20-14(19(31)29(15)20)27-18(30)17(24)28-34-2/h3-6,9,14,16,20H,7-8H2,1-2H3,(H2,25,26)(H,27,30)/t14-,16?,20+/m1/s1. The first-order valence-electron chi connectivity index (χ1n) is 10.6. The monoisotopic (exact) mass is 569 g/mol. The molecule has 3 atom stereocenters. The predicted molar refractivity (Wildman–Crippen MR) is 136 cm³/mol. The summed E-state index contributed by atoms with van der Waals surface area (Å²) in [5.74, 6) is -3.56. The summed E-state index contributed by atoms with van der Waals surface area (Å²) in [5.41, 5.74) is 7.39. The molecule has 0 radical (unpaired) electrons. The molecule has 1 aromatic heterocycles. The number of halogens is 2. The van der Waals surface area contributed by atoms with Crippen LogP contribution in [0.25, 0.3) is 0 Å². The fourth-order valence-corrected chi connectivity index (χ4v) is 6.39. The van der Waals surface area contributed by atoms with Gasteiger partial charge in [0.25, 0.3) is 5.91 Å². The third kappa shape index (κ3) is 5.36. The molecule has 1 fully saturated rings. The van der Waals surface area contributed by atoms with E-state index < -0.39 is 40.4 Å². The summed E-state index contributed by atoms with van der Waals surface area (Å²) in [6.07, 6.45) is 0. The van der Waals surface area contributed by atoms with Crippen molar-refractivity contribution in [2.75, 3.05) is 25.8 Å². The van der Waals surface area contributed by atoms with E-state index in [4.69, 9.17) is 26.8 Å². The van der Waals surface area contributed by atoms with Crippen LogP contribution in [-0.2, 0) is 30.6 Å². The number of oxime groups is 1. The van der Waals surface area contributed by atoms with Crippen LogP contribution in [0.5, 0.6) is 5.75 Å². The van der Waals surface area contributed by atoms with Gasteiger partial charge in [-0.2, -0.15) is 4.39 Å². The van der Waals surface area contributed by atoms with E-state index in [0.29, 0.717) is 27.7 Å². The van der Waals surface area contributed by atoms with Crippen molar-refractivity contribution < 1.29 is 33.1 Å². The number of fused-ring (bicyclic) bond motifs is 1. The Kier molecular flexibility index (Phi) is 8.19. The highest BCUT2D eigenvalue weighted by Crippen LogP contribution is 2.51. The fraction of sp³-hybridized carbons (Fsp3) is 0.318. The number of rotatable bonds is 9. The Morgan fingerprint density at radius 2 is 2.03 bits per heavy atom. The number of amides is 2. The number of nitrogens with one attached hydrogen (secondary N) is 1. The van der Waals surface area contributed by atoms with E-state index in [0.717, 1.165) is 7.11 Å². The van der Waals surface area contributed by atoms with Gasteiger partial charge < -0.3 is 25.4 Å². The zero-order valence-corrected chi connectivity index (χ0v) is 21.9. The van der Waals surface area contributed by atoms with Gasteiger partial charge in [0, 0.05) is 11.3 Å². The normalized spacial score (nSPS) is 21.2. The van der Waals surface area contributed by atoms with Crippen LogP contribution in [-0.4, -0.2) is 65.1 Å². The number of aromatic nitrogens is 1. The molecule has 0 saturated carbocycles. The first kappa shape index (κ1) is 26.7. The number of anilines is 1. The molecule has 4 rings (SSSR count). The number of hydrogen-bond acceptors (Lipinski definition) is 11. The number of thiazole rings is 1. The SMILES string of the molecule is CON=C(F)C(=O)N[C@@H]1C(=O)N2C(C(=O)OCc3ccc(OC)cc3)=C(CCl)C(c3csc(N)n3)S[C@@H]12. The van der Waals surface area contributed by atoms with Gasteiger partial charge in [-0.05, 0) is 28.4 Å². The number of alkyl halides is 1. The molecule has 1 aromatic carbocycles. The van der Waals surface area contributed by atoms with Crippen LogP contribution in [0.2, 0.25) is 0 Å². The molecule has 0 spiro atoms. The number of thioether (sulfide) groups is 1. The molecule has 3 heterocycles. The zero-order valence-electron chi connectivity index (χ0n) is 19.5. The van der Waals surface area contributed by atoms with Gasteiger partial charge in [-0.1, -0.05) is 12.1 Å². The van der Waals surface area contributed by atoms with Crippen LogP contribution < -0.4 is 15.8 Å². The number of ether oxygens (including phenoxy) is 2. The molecule has 196 valence electrons. The maximum absolute atomic E-state index is 13.8. The maximum Gasteiger partial charge on any atom is 0.355 e. The summed E-state index contributed by atoms with van der Waals surface area (Å²) in [6, 6.07) is 5.77. The minimum Gasteiger partial charge on any atom is -0.497 e. The average molecular weight is 570 g/mol. The lowest BCUT2D eigenvalue weighted by Gasteiger charge is -2.51. The summed E-state index contributed by atoms with van der Waals surface area (Å²) in [5, 5.41) is 5.92. The zero-order chi connectivity index (χ0) is 26.7. The number of nitrogen functional groups attached to an aromatic ring is 1. The number of hydrogen-bond donors (Lipinski definition) is 2. The second-order valence-corrected chi connectivity index (χ2v) is 10.1. The minimum atomic E-state index is -1.45. The second-order valence-electron chi connectivity index (χ2n) is 7.67. The number of β-lactam (4-membered cyclic amide) rings is 1. The molecule has 3 N–H and O–H groups in total. The molecule has 2 aliphatic heterocycles.